The van der Waals surface area contributed by atoms with Crippen LogP contribution in [0.2, 0.25) is 0 Å². The lowest BCUT2D eigenvalue weighted by Crippen LogP contribution is -2.49. The number of halogens is 1. The molecule has 0 fully saturated rings. The zero-order chi connectivity index (χ0) is 18.3. The van der Waals surface area contributed by atoms with Crippen molar-refractivity contribution in [2.45, 2.75) is 57.9 Å². The van der Waals surface area contributed by atoms with E-state index in [-0.39, 0.29) is 29.8 Å². The second kappa shape index (κ2) is 10.4. The molecule has 0 spiro atoms. The third kappa shape index (κ3) is 6.50. The van der Waals surface area contributed by atoms with Gasteiger partial charge in [0, 0.05) is 30.6 Å². The van der Waals surface area contributed by atoms with E-state index in [1.165, 1.54) is 0 Å². The largest absolute Gasteiger partial charge is 0.494 e. The zero-order valence-electron chi connectivity index (χ0n) is 15.6. The lowest BCUT2D eigenvalue weighted by atomic mass is 9.94. The van der Waals surface area contributed by atoms with Crippen LogP contribution in [0.25, 0.3) is 0 Å². The third-order valence-corrected chi connectivity index (χ3v) is 4.83. The van der Waals surface area contributed by atoms with Gasteiger partial charge in [-0.3, -0.25) is 9.59 Å². The van der Waals surface area contributed by atoms with Gasteiger partial charge in [-0.2, -0.15) is 0 Å². The molecule has 0 saturated carbocycles. The molecule has 1 aromatic rings. The number of hydrogen-bond donors (Lipinski definition) is 3. The average molecular weight is 384 g/mol. The molecule has 7 heteroatoms. The van der Waals surface area contributed by atoms with Crippen molar-refractivity contribution in [3.8, 4) is 5.75 Å². The van der Waals surface area contributed by atoms with Gasteiger partial charge in [-0.05, 0) is 49.4 Å². The second-order valence-electron chi connectivity index (χ2n) is 6.67. The van der Waals surface area contributed by atoms with Gasteiger partial charge in [-0.15, -0.1) is 12.4 Å². The first-order chi connectivity index (χ1) is 12.0. The van der Waals surface area contributed by atoms with E-state index < -0.39 is 0 Å². The number of nitrogens with two attached hydrogens (primary N) is 1. The molecule has 1 aliphatic rings. The summed E-state index contributed by atoms with van der Waals surface area (Å²) in [5.41, 5.74) is 7.81. The Morgan fingerprint density at radius 3 is 2.73 bits per heavy atom. The quantitative estimate of drug-likeness (QED) is 0.571. The van der Waals surface area contributed by atoms with Crippen LogP contribution in [-0.2, 0) is 16.0 Å². The first-order valence-electron chi connectivity index (χ1n) is 9.07. The summed E-state index contributed by atoms with van der Waals surface area (Å²) in [6.07, 6.45) is 3.99. The molecule has 2 amide bonds. The summed E-state index contributed by atoms with van der Waals surface area (Å²) in [7, 11) is 0. The maximum absolute atomic E-state index is 11.9. The van der Waals surface area contributed by atoms with Crippen LogP contribution in [0.1, 0.15) is 51.5 Å². The van der Waals surface area contributed by atoms with Gasteiger partial charge in [0.25, 0.3) is 0 Å². The van der Waals surface area contributed by atoms with E-state index in [9.17, 15) is 9.59 Å². The van der Waals surface area contributed by atoms with Gasteiger partial charge < -0.3 is 21.1 Å². The molecule has 0 unspecified atom stereocenters. The Morgan fingerprint density at radius 1 is 1.31 bits per heavy atom. The van der Waals surface area contributed by atoms with Crippen molar-refractivity contribution in [3.63, 3.8) is 0 Å². The minimum atomic E-state index is -0.315. The normalized spacial score (nSPS) is 13.3. The molecule has 2 rings (SSSR count). The molecule has 0 bridgehead atoms. The van der Waals surface area contributed by atoms with Crippen molar-refractivity contribution < 1.29 is 14.3 Å². The van der Waals surface area contributed by atoms with Crippen molar-refractivity contribution in [1.29, 1.82) is 0 Å². The number of ether oxygens (including phenoxy) is 1. The van der Waals surface area contributed by atoms with Crippen molar-refractivity contribution >= 4 is 29.9 Å². The number of nitrogens with one attached hydrogen (secondary N) is 2. The van der Waals surface area contributed by atoms with Gasteiger partial charge in [0.1, 0.15) is 5.75 Å². The van der Waals surface area contributed by atoms with Gasteiger partial charge in [0.2, 0.25) is 11.8 Å². The van der Waals surface area contributed by atoms with Crippen molar-refractivity contribution in [3.05, 3.63) is 23.8 Å². The molecule has 1 aliphatic heterocycles. The number of aryl methyl sites for hydroxylation is 1. The van der Waals surface area contributed by atoms with Crippen molar-refractivity contribution in [2.75, 3.05) is 18.5 Å². The molecular formula is C19H30ClN3O3. The number of amides is 2. The maximum atomic E-state index is 11.9. The number of benzene rings is 1. The van der Waals surface area contributed by atoms with Crippen LogP contribution in [0.4, 0.5) is 5.69 Å². The van der Waals surface area contributed by atoms with E-state index >= 15 is 0 Å². The van der Waals surface area contributed by atoms with E-state index in [1.54, 1.807) is 0 Å². The molecule has 26 heavy (non-hydrogen) atoms. The average Bonchev–Trinajstić information content (AvgIpc) is 2.63. The predicted molar refractivity (Wildman–Crippen MR) is 106 cm³/mol. The maximum Gasteiger partial charge on any atom is 0.224 e. The molecule has 4 N–H and O–H groups in total. The van der Waals surface area contributed by atoms with Crippen molar-refractivity contribution in [2.24, 2.45) is 5.73 Å². The molecule has 0 aliphatic carbocycles. The highest BCUT2D eigenvalue weighted by atomic mass is 35.5. The highest BCUT2D eigenvalue weighted by Crippen LogP contribution is 2.26. The van der Waals surface area contributed by atoms with Crippen LogP contribution >= 0.6 is 12.4 Å². The number of carbonyl (C=O) groups excluding carboxylic acids is 2. The van der Waals surface area contributed by atoms with Gasteiger partial charge in [0.15, 0.2) is 0 Å². The molecule has 146 valence electrons. The molecular weight excluding hydrogens is 354 g/mol. The number of carbonyl (C=O) groups is 2. The van der Waals surface area contributed by atoms with Crippen LogP contribution in [0.15, 0.2) is 18.2 Å². The van der Waals surface area contributed by atoms with E-state index in [0.29, 0.717) is 32.4 Å². The summed E-state index contributed by atoms with van der Waals surface area (Å²) in [4.78, 5) is 23.2. The fourth-order valence-electron chi connectivity index (χ4n) is 2.74. The standard InChI is InChI=1S/C19H29N3O3.ClH/c1-3-19(20,4-2)13-21-17(23)6-5-11-25-15-8-9-16-14(12-15)7-10-18(24)22-16;/h8-9,12H,3-7,10-11,13,20H2,1-2H3,(H,21,23)(H,22,24);1H. The topological polar surface area (TPSA) is 93.4 Å². The fraction of sp³-hybridized carbons (Fsp3) is 0.579. The Kier molecular flexibility index (Phi) is 8.88. The summed E-state index contributed by atoms with van der Waals surface area (Å²) >= 11 is 0. The molecule has 0 aromatic heterocycles. The summed E-state index contributed by atoms with van der Waals surface area (Å²) in [6.45, 7) is 5.06. The van der Waals surface area contributed by atoms with Gasteiger partial charge in [-0.25, -0.2) is 0 Å². The summed E-state index contributed by atoms with van der Waals surface area (Å²) in [6, 6.07) is 5.67. The van der Waals surface area contributed by atoms with Crippen LogP contribution in [0.3, 0.4) is 0 Å². The molecule has 0 atom stereocenters. The predicted octanol–water partition coefficient (Wildman–Crippen LogP) is 2.79. The smallest absolute Gasteiger partial charge is 0.224 e. The highest BCUT2D eigenvalue weighted by molar-refractivity contribution is 5.94. The second-order valence-corrected chi connectivity index (χ2v) is 6.67. The SMILES string of the molecule is CCC(N)(CC)CNC(=O)CCCOc1ccc2c(c1)CCC(=O)N2.Cl. The Balaban J connectivity index is 0.00000338. The number of anilines is 1. The zero-order valence-corrected chi connectivity index (χ0v) is 16.4. The first kappa shape index (κ1) is 22.3. The van der Waals surface area contributed by atoms with E-state index in [0.717, 1.165) is 36.3 Å². The van der Waals surface area contributed by atoms with E-state index in [2.05, 4.69) is 10.6 Å². The molecule has 1 heterocycles. The lowest BCUT2D eigenvalue weighted by Gasteiger charge is -2.26. The van der Waals surface area contributed by atoms with Crippen LogP contribution in [-0.4, -0.2) is 30.5 Å². The third-order valence-electron chi connectivity index (χ3n) is 4.83. The molecule has 6 nitrogen and oxygen atoms in total. The molecule has 0 saturated heterocycles. The molecule has 0 radical (unpaired) electrons. The van der Waals surface area contributed by atoms with Crippen LogP contribution in [0, 0.1) is 0 Å². The Bertz CT molecular complexity index is 618. The molecule has 1 aromatic carbocycles. The minimum absolute atomic E-state index is 0. The highest BCUT2D eigenvalue weighted by Gasteiger charge is 2.20. The number of fused-ring (bicyclic) bond motifs is 1. The Labute approximate surface area is 161 Å². The summed E-state index contributed by atoms with van der Waals surface area (Å²) < 4.78 is 5.72. The monoisotopic (exact) mass is 383 g/mol. The number of hydrogen-bond acceptors (Lipinski definition) is 4. The van der Waals surface area contributed by atoms with Crippen molar-refractivity contribution in [1.82, 2.24) is 5.32 Å². The Morgan fingerprint density at radius 2 is 2.04 bits per heavy atom. The van der Waals surface area contributed by atoms with E-state index in [4.69, 9.17) is 10.5 Å². The van der Waals surface area contributed by atoms with Crippen LogP contribution < -0.4 is 21.1 Å². The summed E-state index contributed by atoms with van der Waals surface area (Å²) in [5.74, 6) is 0.835. The Hall–Kier alpha value is -1.79. The lowest BCUT2D eigenvalue weighted by molar-refractivity contribution is -0.121. The van der Waals surface area contributed by atoms with Crippen LogP contribution in [0.5, 0.6) is 5.75 Å². The van der Waals surface area contributed by atoms with Gasteiger partial charge >= 0.3 is 0 Å². The number of rotatable bonds is 9. The van der Waals surface area contributed by atoms with Gasteiger partial charge in [0.05, 0.1) is 6.61 Å². The fourth-order valence-corrected chi connectivity index (χ4v) is 2.74. The minimum Gasteiger partial charge on any atom is -0.494 e. The first-order valence-corrected chi connectivity index (χ1v) is 9.07. The van der Waals surface area contributed by atoms with Gasteiger partial charge in [-0.1, -0.05) is 13.8 Å². The summed E-state index contributed by atoms with van der Waals surface area (Å²) in [5, 5.41) is 5.76. The van der Waals surface area contributed by atoms with E-state index in [1.807, 2.05) is 32.0 Å².